The van der Waals surface area contributed by atoms with Gasteiger partial charge in [-0.1, -0.05) is 0 Å². The van der Waals surface area contributed by atoms with Crippen LogP contribution in [0.1, 0.15) is 20.3 Å². The van der Waals surface area contributed by atoms with Crippen LogP contribution in [0.4, 0.5) is 5.69 Å². The van der Waals surface area contributed by atoms with Crippen LogP contribution in [-0.4, -0.2) is 26.3 Å². The van der Waals surface area contributed by atoms with Crippen molar-refractivity contribution in [3.05, 3.63) is 18.2 Å². The van der Waals surface area contributed by atoms with Gasteiger partial charge in [0.25, 0.3) is 0 Å². The van der Waals surface area contributed by atoms with Crippen molar-refractivity contribution in [1.82, 2.24) is 0 Å². The highest BCUT2D eigenvalue weighted by atomic mass is 16.5. The molecule has 0 heterocycles. The molecule has 3 N–H and O–H groups in total. The van der Waals surface area contributed by atoms with Crippen molar-refractivity contribution in [3.63, 3.8) is 0 Å². The molecule has 17 heavy (non-hydrogen) atoms. The summed E-state index contributed by atoms with van der Waals surface area (Å²) in [6.07, 6.45) is 0.956. The lowest BCUT2D eigenvalue weighted by atomic mass is 10.2. The van der Waals surface area contributed by atoms with Gasteiger partial charge in [0.1, 0.15) is 0 Å². The Kier molecular flexibility index (Phi) is 6.25. The van der Waals surface area contributed by atoms with Crippen molar-refractivity contribution >= 4 is 5.69 Å². The summed E-state index contributed by atoms with van der Waals surface area (Å²) < 4.78 is 11.0. The van der Waals surface area contributed by atoms with E-state index in [-0.39, 0.29) is 0 Å². The number of nitrogens with one attached hydrogen (secondary N) is 1. The molecule has 0 aliphatic heterocycles. The minimum atomic E-state index is 0.631. The Morgan fingerprint density at radius 3 is 2.47 bits per heavy atom. The number of ether oxygens (including phenoxy) is 2. The van der Waals surface area contributed by atoms with Gasteiger partial charge in [-0.15, -0.1) is 0 Å². The molecular formula is C13H22N2O2. The molecule has 0 radical (unpaired) electrons. The number of hydrogen-bond donors (Lipinski definition) is 2. The fourth-order valence-corrected chi connectivity index (χ4v) is 1.50. The van der Waals surface area contributed by atoms with Gasteiger partial charge < -0.3 is 20.5 Å². The van der Waals surface area contributed by atoms with E-state index in [1.54, 1.807) is 0 Å². The van der Waals surface area contributed by atoms with E-state index >= 15 is 0 Å². The number of rotatable bonds is 8. The quantitative estimate of drug-likeness (QED) is 0.682. The Labute approximate surface area is 103 Å². The van der Waals surface area contributed by atoms with Crippen molar-refractivity contribution in [2.45, 2.75) is 20.3 Å². The van der Waals surface area contributed by atoms with Gasteiger partial charge in [0, 0.05) is 18.3 Å². The van der Waals surface area contributed by atoms with E-state index in [9.17, 15) is 0 Å². The highest BCUT2D eigenvalue weighted by Crippen LogP contribution is 2.30. The van der Waals surface area contributed by atoms with Gasteiger partial charge in [0.2, 0.25) is 0 Å². The number of hydrogen-bond acceptors (Lipinski definition) is 4. The molecule has 0 aliphatic carbocycles. The van der Waals surface area contributed by atoms with Crippen molar-refractivity contribution in [1.29, 1.82) is 0 Å². The van der Waals surface area contributed by atoms with Crippen LogP contribution in [-0.2, 0) is 0 Å². The summed E-state index contributed by atoms with van der Waals surface area (Å²) in [4.78, 5) is 0. The predicted octanol–water partition coefficient (Wildman–Crippen LogP) is 2.24. The first-order valence-electron chi connectivity index (χ1n) is 6.15. The van der Waals surface area contributed by atoms with Crippen LogP contribution in [0, 0.1) is 0 Å². The standard InChI is InChI=1S/C13H22N2O2/c1-3-16-12-7-6-11(15-9-5-8-14)10-13(12)17-4-2/h6-7,10,15H,3-5,8-9,14H2,1-2H3. The molecule has 0 aliphatic rings. The van der Waals surface area contributed by atoms with Crippen LogP contribution in [0.3, 0.4) is 0 Å². The summed E-state index contributed by atoms with van der Waals surface area (Å²) in [5.74, 6) is 1.57. The Morgan fingerprint density at radius 1 is 1.12 bits per heavy atom. The molecule has 96 valence electrons. The van der Waals surface area contributed by atoms with Gasteiger partial charge in [0.05, 0.1) is 13.2 Å². The molecule has 0 aromatic heterocycles. The Bertz CT molecular complexity index is 329. The molecule has 0 unspecified atom stereocenters. The Morgan fingerprint density at radius 2 is 1.82 bits per heavy atom. The van der Waals surface area contributed by atoms with Gasteiger partial charge >= 0.3 is 0 Å². The second-order valence-corrected chi connectivity index (χ2v) is 3.60. The lowest BCUT2D eigenvalue weighted by molar-refractivity contribution is 0.288. The van der Waals surface area contributed by atoms with E-state index < -0.39 is 0 Å². The highest BCUT2D eigenvalue weighted by molar-refractivity contribution is 5.54. The second-order valence-electron chi connectivity index (χ2n) is 3.60. The Balaban J connectivity index is 2.70. The summed E-state index contributed by atoms with van der Waals surface area (Å²) >= 11 is 0. The average Bonchev–Trinajstić information content (AvgIpc) is 2.33. The molecule has 0 saturated heterocycles. The zero-order valence-corrected chi connectivity index (χ0v) is 10.7. The van der Waals surface area contributed by atoms with Gasteiger partial charge in [-0.05, 0) is 38.9 Å². The van der Waals surface area contributed by atoms with Crippen LogP contribution >= 0.6 is 0 Å². The third-order valence-corrected chi connectivity index (χ3v) is 2.25. The van der Waals surface area contributed by atoms with Crippen LogP contribution in [0.5, 0.6) is 11.5 Å². The maximum atomic E-state index is 5.55. The van der Waals surface area contributed by atoms with Crippen LogP contribution < -0.4 is 20.5 Å². The first-order valence-corrected chi connectivity index (χ1v) is 6.15. The normalized spacial score (nSPS) is 10.1. The maximum Gasteiger partial charge on any atom is 0.163 e. The van der Waals surface area contributed by atoms with E-state index in [1.807, 2.05) is 32.0 Å². The number of benzene rings is 1. The maximum absolute atomic E-state index is 5.55. The minimum Gasteiger partial charge on any atom is -0.490 e. The average molecular weight is 238 g/mol. The van der Waals surface area contributed by atoms with E-state index in [1.165, 1.54) is 0 Å². The summed E-state index contributed by atoms with van der Waals surface area (Å²) in [7, 11) is 0. The van der Waals surface area contributed by atoms with Crippen LogP contribution in [0.2, 0.25) is 0 Å². The fraction of sp³-hybridized carbons (Fsp3) is 0.538. The van der Waals surface area contributed by atoms with E-state index in [0.717, 1.165) is 30.2 Å². The SMILES string of the molecule is CCOc1ccc(NCCCN)cc1OCC. The predicted molar refractivity (Wildman–Crippen MR) is 70.9 cm³/mol. The topological polar surface area (TPSA) is 56.5 Å². The molecule has 1 rings (SSSR count). The molecule has 4 heteroatoms. The third kappa shape index (κ3) is 4.53. The van der Waals surface area contributed by atoms with Gasteiger partial charge in [0.15, 0.2) is 11.5 Å². The first-order chi connectivity index (χ1) is 8.31. The van der Waals surface area contributed by atoms with Gasteiger partial charge in [-0.25, -0.2) is 0 Å². The highest BCUT2D eigenvalue weighted by Gasteiger charge is 2.05. The van der Waals surface area contributed by atoms with Crippen molar-refractivity contribution in [3.8, 4) is 11.5 Å². The molecule has 0 spiro atoms. The zero-order chi connectivity index (χ0) is 12.5. The molecule has 4 nitrogen and oxygen atoms in total. The van der Waals surface area contributed by atoms with Gasteiger partial charge in [-0.3, -0.25) is 0 Å². The largest absolute Gasteiger partial charge is 0.490 e. The number of anilines is 1. The fourth-order valence-electron chi connectivity index (χ4n) is 1.50. The summed E-state index contributed by atoms with van der Waals surface area (Å²) in [5, 5.41) is 3.30. The second kappa shape index (κ2) is 7.79. The third-order valence-electron chi connectivity index (χ3n) is 2.25. The monoisotopic (exact) mass is 238 g/mol. The molecular weight excluding hydrogens is 216 g/mol. The molecule has 0 amide bonds. The summed E-state index contributed by atoms with van der Waals surface area (Å²) in [6.45, 7) is 6.76. The molecule has 0 fully saturated rings. The molecule has 0 atom stereocenters. The summed E-state index contributed by atoms with van der Waals surface area (Å²) in [5.41, 5.74) is 6.48. The van der Waals surface area contributed by atoms with Crippen molar-refractivity contribution < 1.29 is 9.47 Å². The van der Waals surface area contributed by atoms with E-state index in [4.69, 9.17) is 15.2 Å². The molecule has 1 aromatic rings. The van der Waals surface area contributed by atoms with Gasteiger partial charge in [-0.2, -0.15) is 0 Å². The number of nitrogens with two attached hydrogens (primary N) is 1. The van der Waals surface area contributed by atoms with E-state index in [2.05, 4.69) is 5.32 Å². The molecule has 1 aromatic carbocycles. The van der Waals surface area contributed by atoms with E-state index in [0.29, 0.717) is 19.8 Å². The Hall–Kier alpha value is -1.42. The lowest BCUT2D eigenvalue weighted by Gasteiger charge is -2.13. The first kappa shape index (κ1) is 13.6. The van der Waals surface area contributed by atoms with Crippen molar-refractivity contribution in [2.24, 2.45) is 5.73 Å². The lowest BCUT2D eigenvalue weighted by Crippen LogP contribution is -2.08. The van der Waals surface area contributed by atoms with Crippen LogP contribution in [0.25, 0.3) is 0 Å². The summed E-state index contributed by atoms with van der Waals surface area (Å²) in [6, 6.07) is 5.88. The minimum absolute atomic E-state index is 0.631. The smallest absolute Gasteiger partial charge is 0.163 e. The van der Waals surface area contributed by atoms with Crippen molar-refractivity contribution in [2.75, 3.05) is 31.6 Å². The molecule has 0 saturated carbocycles. The molecule has 0 bridgehead atoms. The zero-order valence-electron chi connectivity index (χ0n) is 10.7. The van der Waals surface area contributed by atoms with Crippen LogP contribution in [0.15, 0.2) is 18.2 Å².